The molecule has 6 rings (SSSR count). The highest BCUT2D eigenvalue weighted by Gasteiger charge is 2.51. The largest absolute Gasteiger partial charge is 0.450 e. The van der Waals surface area contributed by atoms with Crippen LogP contribution in [0.25, 0.3) is 0 Å². The summed E-state index contributed by atoms with van der Waals surface area (Å²) < 4.78 is 5.06. The monoisotopic (exact) mass is 401 g/mol. The van der Waals surface area contributed by atoms with E-state index in [0.717, 1.165) is 49.9 Å². The second-order valence-electron chi connectivity index (χ2n) is 9.84. The number of anilines is 2. The van der Waals surface area contributed by atoms with Crippen molar-refractivity contribution < 1.29 is 9.53 Å². The number of piperidine rings is 1. The third kappa shape index (κ3) is 3.32. The van der Waals surface area contributed by atoms with Crippen molar-refractivity contribution >= 4 is 17.5 Å². The molecule has 1 amide bonds. The Morgan fingerprint density at radius 3 is 2.10 bits per heavy atom. The lowest BCUT2D eigenvalue weighted by molar-refractivity contribution is 0.0106. The summed E-state index contributed by atoms with van der Waals surface area (Å²) in [5.74, 6) is 2.34. The summed E-state index contributed by atoms with van der Waals surface area (Å²) in [5.41, 5.74) is 0.239. The van der Waals surface area contributed by atoms with Gasteiger partial charge in [-0.25, -0.2) is 4.79 Å². The van der Waals surface area contributed by atoms with E-state index >= 15 is 0 Å². The second-order valence-corrected chi connectivity index (χ2v) is 9.84. The standard InChI is InChI=1S/C22H31N3O4/c1-2-29-21(28)25-5-3-16(4-6-25)23-17-18(20(27)19(17)26)24-22-10-13-7-14(11-22)9-15(8-13)12-22/h13-16,23-24H,2-12H2,1H3. The third-order valence-corrected chi connectivity index (χ3v) is 7.71. The number of rotatable bonds is 5. The van der Waals surface area contributed by atoms with Crippen LogP contribution < -0.4 is 21.5 Å². The lowest BCUT2D eigenvalue weighted by Crippen LogP contribution is -2.56. The number of hydrogen-bond donors (Lipinski definition) is 2. The lowest BCUT2D eigenvalue weighted by Gasteiger charge is -2.57. The molecular weight excluding hydrogens is 370 g/mol. The van der Waals surface area contributed by atoms with E-state index in [2.05, 4.69) is 10.6 Å². The zero-order valence-corrected chi connectivity index (χ0v) is 17.2. The molecule has 5 fully saturated rings. The highest BCUT2D eigenvalue weighted by atomic mass is 16.6. The van der Waals surface area contributed by atoms with Crippen LogP contribution in [-0.4, -0.2) is 42.3 Å². The van der Waals surface area contributed by atoms with Crippen LogP contribution in [0, 0.1) is 17.8 Å². The van der Waals surface area contributed by atoms with Crippen LogP contribution in [0.3, 0.4) is 0 Å². The molecule has 4 bridgehead atoms. The Kier molecular flexibility index (Phi) is 4.59. The van der Waals surface area contributed by atoms with Gasteiger partial charge in [0.15, 0.2) is 0 Å². The smallest absolute Gasteiger partial charge is 0.409 e. The Morgan fingerprint density at radius 1 is 1.00 bits per heavy atom. The Bertz CT molecular complexity index is 829. The maximum absolute atomic E-state index is 12.4. The number of likely N-dealkylation sites (tertiary alicyclic amines) is 1. The zero-order valence-electron chi connectivity index (χ0n) is 17.2. The fourth-order valence-corrected chi connectivity index (χ4v) is 6.80. The third-order valence-electron chi connectivity index (χ3n) is 7.71. The molecule has 7 heteroatoms. The Morgan fingerprint density at radius 2 is 1.55 bits per heavy atom. The van der Waals surface area contributed by atoms with Crippen LogP contribution in [0.15, 0.2) is 9.59 Å². The normalized spacial score (nSPS) is 33.8. The van der Waals surface area contributed by atoms with Crippen molar-refractivity contribution in [2.24, 2.45) is 17.8 Å². The Labute approximate surface area is 170 Å². The molecule has 4 aliphatic carbocycles. The van der Waals surface area contributed by atoms with Crippen molar-refractivity contribution in [3.05, 3.63) is 20.4 Å². The van der Waals surface area contributed by atoms with Crippen LogP contribution in [-0.2, 0) is 4.74 Å². The van der Waals surface area contributed by atoms with Gasteiger partial charge < -0.3 is 20.3 Å². The van der Waals surface area contributed by atoms with Crippen LogP contribution in [0.2, 0.25) is 0 Å². The Balaban J connectivity index is 1.25. The zero-order chi connectivity index (χ0) is 20.2. The number of hydrogen-bond acceptors (Lipinski definition) is 6. The van der Waals surface area contributed by atoms with Gasteiger partial charge in [0.25, 0.3) is 10.9 Å². The summed E-state index contributed by atoms with van der Waals surface area (Å²) in [6.07, 6.45) is 8.65. The second kappa shape index (κ2) is 7.03. The van der Waals surface area contributed by atoms with Gasteiger partial charge >= 0.3 is 6.09 Å². The van der Waals surface area contributed by atoms with Crippen molar-refractivity contribution in [2.75, 3.05) is 30.3 Å². The Hall–Kier alpha value is -2.05. The minimum atomic E-state index is -0.398. The van der Waals surface area contributed by atoms with Gasteiger partial charge in [-0.2, -0.15) is 0 Å². The minimum absolute atomic E-state index is 0.0145. The number of carbonyl (C=O) groups is 1. The molecule has 7 nitrogen and oxygen atoms in total. The molecule has 0 spiro atoms. The van der Waals surface area contributed by atoms with Gasteiger partial charge in [-0.15, -0.1) is 0 Å². The van der Waals surface area contributed by atoms with E-state index in [1.54, 1.807) is 11.8 Å². The summed E-state index contributed by atoms with van der Waals surface area (Å²) in [5, 5.41) is 6.91. The quantitative estimate of drug-likeness (QED) is 0.738. The molecule has 158 valence electrons. The maximum Gasteiger partial charge on any atom is 0.409 e. The molecule has 1 saturated heterocycles. The summed E-state index contributed by atoms with van der Waals surface area (Å²) in [6, 6.07) is 0.0980. The van der Waals surface area contributed by atoms with Crippen molar-refractivity contribution in [1.29, 1.82) is 0 Å². The van der Waals surface area contributed by atoms with Crippen molar-refractivity contribution in [3.8, 4) is 0 Å². The minimum Gasteiger partial charge on any atom is -0.450 e. The number of nitrogens with zero attached hydrogens (tertiary/aromatic N) is 1. The molecule has 0 radical (unpaired) electrons. The topological polar surface area (TPSA) is 87.7 Å². The average molecular weight is 402 g/mol. The first-order valence-corrected chi connectivity index (χ1v) is 11.3. The molecule has 5 aliphatic rings. The van der Waals surface area contributed by atoms with Crippen molar-refractivity contribution in [2.45, 2.75) is 69.9 Å². The van der Waals surface area contributed by atoms with E-state index in [1.165, 1.54) is 19.3 Å². The SMILES string of the molecule is CCOC(=O)N1CCC(Nc2c(NC34CC5CC(CC(C5)C3)C4)c(=O)c2=O)CC1. The lowest BCUT2D eigenvalue weighted by atomic mass is 9.53. The molecule has 1 heterocycles. The fourth-order valence-electron chi connectivity index (χ4n) is 6.80. The molecule has 1 aromatic rings. The number of nitrogens with one attached hydrogen (secondary N) is 2. The molecule has 0 atom stereocenters. The fraction of sp³-hybridized carbons (Fsp3) is 0.773. The molecule has 0 unspecified atom stereocenters. The predicted molar refractivity (Wildman–Crippen MR) is 111 cm³/mol. The van der Waals surface area contributed by atoms with E-state index in [1.807, 2.05) is 0 Å². The average Bonchev–Trinajstić information content (AvgIpc) is 2.70. The van der Waals surface area contributed by atoms with Gasteiger partial charge in [0.2, 0.25) is 0 Å². The molecular formula is C22H31N3O4. The number of amides is 1. The van der Waals surface area contributed by atoms with E-state index in [4.69, 9.17) is 4.74 Å². The van der Waals surface area contributed by atoms with Gasteiger partial charge in [0, 0.05) is 24.7 Å². The van der Waals surface area contributed by atoms with Crippen LogP contribution in [0.1, 0.15) is 58.3 Å². The van der Waals surface area contributed by atoms with Gasteiger partial charge in [-0.1, -0.05) is 0 Å². The first-order chi connectivity index (χ1) is 14.0. The van der Waals surface area contributed by atoms with Crippen LogP contribution in [0.5, 0.6) is 0 Å². The maximum atomic E-state index is 12.4. The summed E-state index contributed by atoms with van der Waals surface area (Å²) in [6.45, 7) is 3.38. The van der Waals surface area contributed by atoms with Gasteiger partial charge in [0.05, 0.1) is 6.61 Å². The molecule has 1 aliphatic heterocycles. The van der Waals surface area contributed by atoms with E-state index in [9.17, 15) is 14.4 Å². The van der Waals surface area contributed by atoms with Crippen LogP contribution in [0.4, 0.5) is 16.2 Å². The van der Waals surface area contributed by atoms with E-state index in [0.29, 0.717) is 31.1 Å². The molecule has 4 saturated carbocycles. The van der Waals surface area contributed by atoms with Gasteiger partial charge in [-0.3, -0.25) is 9.59 Å². The number of ether oxygens (including phenoxy) is 1. The summed E-state index contributed by atoms with van der Waals surface area (Å²) in [4.78, 5) is 38.2. The highest BCUT2D eigenvalue weighted by Crippen LogP contribution is 2.56. The summed E-state index contributed by atoms with van der Waals surface area (Å²) >= 11 is 0. The van der Waals surface area contributed by atoms with E-state index < -0.39 is 5.43 Å². The molecule has 2 N–H and O–H groups in total. The first-order valence-electron chi connectivity index (χ1n) is 11.3. The van der Waals surface area contributed by atoms with Crippen molar-refractivity contribution in [1.82, 2.24) is 4.90 Å². The summed E-state index contributed by atoms with van der Waals surface area (Å²) in [7, 11) is 0. The van der Waals surface area contributed by atoms with E-state index in [-0.39, 0.29) is 23.1 Å². The highest BCUT2D eigenvalue weighted by molar-refractivity contribution is 5.75. The van der Waals surface area contributed by atoms with Crippen LogP contribution >= 0.6 is 0 Å². The predicted octanol–water partition coefficient (Wildman–Crippen LogP) is 2.70. The van der Waals surface area contributed by atoms with Gasteiger partial charge in [0.1, 0.15) is 11.4 Å². The molecule has 29 heavy (non-hydrogen) atoms. The molecule has 0 aromatic heterocycles. The van der Waals surface area contributed by atoms with Crippen molar-refractivity contribution in [3.63, 3.8) is 0 Å². The molecule has 1 aromatic carbocycles. The van der Waals surface area contributed by atoms with Gasteiger partial charge in [-0.05, 0) is 76.0 Å². The number of carbonyl (C=O) groups excluding carboxylic acids is 1. The first kappa shape index (κ1) is 18.9.